The lowest BCUT2D eigenvalue weighted by molar-refractivity contribution is -0.118. The molecule has 2 heterocycles. The second-order valence-electron chi connectivity index (χ2n) is 7.26. The number of thiazole rings is 1. The van der Waals surface area contributed by atoms with Crippen LogP contribution in [0, 0.1) is 5.82 Å². The van der Waals surface area contributed by atoms with Crippen LogP contribution in [0.15, 0.2) is 72.9 Å². The summed E-state index contributed by atoms with van der Waals surface area (Å²) in [4.78, 5) is 35.5. The van der Waals surface area contributed by atoms with Crippen molar-refractivity contribution in [2.45, 2.75) is 13.0 Å². The van der Waals surface area contributed by atoms with Gasteiger partial charge in [0.15, 0.2) is 5.13 Å². The van der Waals surface area contributed by atoms with Crippen molar-refractivity contribution in [3.63, 3.8) is 0 Å². The smallest absolute Gasteiger partial charge is 0.240 e. The maximum Gasteiger partial charge on any atom is 0.240 e. The Morgan fingerprint density at radius 3 is 2.33 bits per heavy atom. The van der Waals surface area contributed by atoms with Crippen LogP contribution >= 0.6 is 11.3 Å². The van der Waals surface area contributed by atoms with E-state index in [2.05, 4.69) is 9.97 Å². The van der Waals surface area contributed by atoms with Crippen LogP contribution < -0.4 is 16.4 Å². The van der Waals surface area contributed by atoms with Gasteiger partial charge >= 0.3 is 0 Å². The van der Waals surface area contributed by atoms with Crippen LogP contribution in [0.3, 0.4) is 0 Å². The normalized spacial score (nSPS) is 11.7. The Morgan fingerprint density at radius 1 is 1.03 bits per heavy atom. The number of nitrogens with two attached hydrogens (primary N) is 2. The third-order valence-corrected chi connectivity index (χ3v) is 6.12. The van der Waals surface area contributed by atoms with Gasteiger partial charge in [-0.25, -0.2) is 9.37 Å². The lowest BCUT2D eigenvalue weighted by Crippen LogP contribution is -2.39. The van der Waals surface area contributed by atoms with E-state index in [1.54, 1.807) is 19.1 Å². The van der Waals surface area contributed by atoms with Crippen LogP contribution in [-0.2, 0) is 4.79 Å². The SMILES string of the molecule is C[C@H](C(N)=O)N(c1ccc(F)cc1)c1nc(N)c(C(=O)c2ccc(-c3ccccc3)nc2)s1. The number of nitrogen functional groups attached to an aromatic ring is 1. The van der Waals surface area contributed by atoms with Crippen LogP contribution in [0.25, 0.3) is 11.3 Å². The summed E-state index contributed by atoms with van der Waals surface area (Å²) in [6.07, 6.45) is 1.49. The van der Waals surface area contributed by atoms with E-state index in [0.29, 0.717) is 16.4 Å². The van der Waals surface area contributed by atoms with Crippen molar-refractivity contribution >= 4 is 39.7 Å². The molecule has 0 aliphatic carbocycles. The monoisotopic (exact) mass is 461 g/mol. The molecule has 1 amide bonds. The Kier molecular flexibility index (Phi) is 6.14. The zero-order valence-electron chi connectivity index (χ0n) is 17.6. The molecule has 2 aromatic carbocycles. The first-order valence-electron chi connectivity index (χ1n) is 10.0. The molecular weight excluding hydrogens is 441 g/mol. The van der Waals surface area contributed by atoms with Crippen LogP contribution in [0.1, 0.15) is 22.2 Å². The fourth-order valence-electron chi connectivity index (χ4n) is 3.25. The summed E-state index contributed by atoms with van der Waals surface area (Å²) in [7, 11) is 0. The van der Waals surface area contributed by atoms with E-state index in [4.69, 9.17) is 11.5 Å². The first-order chi connectivity index (χ1) is 15.8. The van der Waals surface area contributed by atoms with Gasteiger partial charge in [-0.15, -0.1) is 0 Å². The number of rotatable bonds is 7. The molecule has 9 heteroatoms. The molecule has 0 aliphatic heterocycles. The van der Waals surface area contributed by atoms with Gasteiger partial charge in [-0.3, -0.25) is 14.6 Å². The Hall–Kier alpha value is -4.11. The highest BCUT2D eigenvalue weighted by atomic mass is 32.1. The number of anilines is 3. The number of carbonyl (C=O) groups is 2. The number of primary amides is 1. The third-order valence-electron chi connectivity index (χ3n) is 5.05. The summed E-state index contributed by atoms with van der Waals surface area (Å²) in [5.74, 6) is -1.35. The number of pyridine rings is 1. The predicted octanol–water partition coefficient (Wildman–Crippen LogP) is 4.17. The zero-order valence-corrected chi connectivity index (χ0v) is 18.4. The van der Waals surface area contributed by atoms with Gasteiger partial charge in [0.05, 0.1) is 5.69 Å². The minimum Gasteiger partial charge on any atom is -0.382 e. The second-order valence-corrected chi connectivity index (χ2v) is 8.24. The maximum atomic E-state index is 13.4. The summed E-state index contributed by atoms with van der Waals surface area (Å²) < 4.78 is 13.4. The fraction of sp³-hybridized carbons (Fsp3) is 0.0833. The van der Waals surface area contributed by atoms with Crippen molar-refractivity contribution in [3.8, 4) is 11.3 Å². The Balaban J connectivity index is 1.67. The largest absolute Gasteiger partial charge is 0.382 e. The molecule has 166 valence electrons. The topological polar surface area (TPSA) is 115 Å². The van der Waals surface area contributed by atoms with Crippen LogP contribution in [0.4, 0.5) is 21.0 Å². The molecule has 4 rings (SSSR count). The highest BCUT2D eigenvalue weighted by molar-refractivity contribution is 7.18. The molecule has 0 saturated heterocycles. The molecule has 0 fully saturated rings. The number of hydrogen-bond acceptors (Lipinski definition) is 7. The van der Waals surface area contributed by atoms with Gasteiger partial charge in [0.2, 0.25) is 11.7 Å². The molecule has 2 aromatic heterocycles. The van der Waals surface area contributed by atoms with Gasteiger partial charge in [-0.1, -0.05) is 41.7 Å². The zero-order chi connectivity index (χ0) is 23.5. The van der Waals surface area contributed by atoms with Crippen molar-refractivity contribution < 1.29 is 14.0 Å². The number of hydrogen-bond donors (Lipinski definition) is 2. The lowest BCUT2D eigenvalue weighted by Gasteiger charge is -2.26. The van der Waals surface area contributed by atoms with Gasteiger partial charge in [0, 0.05) is 23.0 Å². The second kappa shape index (κ2) is 9.17. The molecule has 0 aliphatic rings. The Bertz CT molecular complexity index is 1290. The van der Waals surface area contributed by atoms with Crippen molar-refractivity contribution in [1.82, 2.24) is 9.97 Å². The number of nitrogens with zero attached hydrogens (tertiary/aromatic N) is 3. The third kappa shape index (κ3) is 4.58. The average Bonchev–Trinajstić information content (AvgIpc) is 3.21. The lowest BCUT2D eigenvalue weighted by atomic mass is 10.1. The van der Waals surface area contributed by atoms with Crippen molar-refractivity contribution in [2.75, 3.05) is 10.6 Å². The van der Waals surface area contributed by atoms with Crippen LogP contribution in [-0.4, -0.2) is 27.7 Å². The Morgan fingerprint density at radius 2 is 1.73 bits per heavy atom. The predicted molar refractivity (Wildman–Crippen MR) is 127 cm³/mol. The minimum absolute atomic E-state index is 0.0240. The summed E-state index contributed by atoms with van der Waals surface area (Å²) in [6.45, 7) is 1.59. The van der Waals surface area contributed by atoms with Crippen LogP contribution in [0.5, 0.6) is 0 Å². The highest BCUT2D eigenvalue weighted by Gasteiger charge is 2.27. The van der Waals surface area contributed by atoms with Gasteiger partial charge < -0.3 is 16.4 Å². The van der Waals surface area contributed by atoms with Crippen molar-refractivity contribution in [3.05, 3.63) is 89.2 Å². The quantitative estimate of drug-likeness (QED) is 0.399. The molecule has 0 bridgehead atoms. The van der Waals surface area contributed by atoms with E-state index in [9.17, 15) is 14.0 Å². The van der Waals surface area contributed by atoms with Gasteiger partial charge in [0.1, 0.15) is 22.6 Å². The average molecular weight is 462 g/mol. The maximum absolute atomic E-state index is 13.4. The molecular formula is C24H20FN5O2S. The number of amides is 1. The molecule has 4 aromatic rings. The van der Waals surface area contributed by atoms with E-state index in [-0.39, 0.29) is 16.5 Å². The summed E-state index contributed by atoms with van der Waals surface area (Å²) >= 11 is 1.03. The molecule has 1 atom stereocenters. The van der Waals surface area contributed by atoms with E-state index in [1.165, 1.54) is 35.4 Å². The highest BCUT2D eigenvalue weighted by Crippen LogP contribution is 2.36. The summed E-state index contributed by atoms with van der Waals surface area (Å²) in [6, 6.07) is 17.8. The van der Waals surface area contributed by atoms with E-state index < -0.39 is 17.8 Å². The molecule has 7 nitrogen and oxygen atoms in total. The first kappa shape index (κ1) is 22.1. The summed E-state index contributed by atoms with van der Waals surface area (Å²) in [5, 5.41) is 0.294. The molecule has 4 N–H and O–H groups in total. The minimum atomic E-state index is -0.809. The number of carbonyl (C=O) groups excluding carboxylic acids is 2. The molecule has 0 radical (unpaired) electrons. The van der Waals surface area contributed by atoms with E-state index in [1.807, 2.05) is 30.3 Å². The van der Waals surface area contributed by atoms with Gasteiger partial charge in [-0.05, 0) is 43.3 Å². The number of halogens is 1. The molecule has 0 saturated carbocycles. The molecule has 33 heavy (non-hydrogen) atoms. The molecule has 0 unspecified atom stereocenters. The fourth-order valence-corrected chi connectivity index (χ4v) is 4.30. The van der Waals surface area contributed by atoms with Gasteiger partial charge in [-0.2, -0.15) is 0 Å². The van der Waals surface area contributed by atoms with E-state index >= 15 is 0 Å². The number of aromatic nitrogens is 2. The first-order valence-corrected chi connectivity index (χ1v) is 10.8. The molecule has 0 spiro atoms. The number of ketones is 1. The van der Waals surface area contributed by atoms with Gasteiger partial charge in [0.25, 0.3) is 0 Å². The van der Waals surface area contributed by atoms with E-state index in [0.717, 1.165) is 22.6 Å². The van der Waals surface area contributed by atoms with Crippen molar-refractivity contribution in [1.29, 1.82) is 0 Å². The van der Waals surface area contributed by atoms with Crippen LogP contribution in [0.2, 0.25) is 0 Å². The Labute approximate surface area is 193 Å². The van der Waals surface area contributed by atoms with Crippen molar-refractivity contribution in [2.24, 2.45) is 5.73 Å². The number of benzene rings is 2. The standard InChI is InChI=1S/C24H20FN5O2S/c1-14(23(27)32)30(18-10-8-17(25)9-11-18)24-29-22(26)21(33-24)20(31)16-7-12-19(28-13-16)15-5-3-2-4-6-15/h2-14H,26H2,1H3,(H2,27,32)/t14-/m1/s1. The summed E-state index contributed by atoms with van der Waals surface area (Å²) in [5.41, 5.74) is 14.1.